The number of aromatic carboxylic acids is 1. The molecule has 0 aliphatic carbocycles. The fourth-order valence-electron chi connectivity index (χ4n) is 1.90. The van der Waals surface area contributed by atoms with Crippen molar-refractivity contribution in [3.05, 3.63) is 47.7 Å². The van der Waals surface area contributed by atoms with Crippen LogP contribution in [0.2, 0.25) is 0 Å². The molecule has 0 radical (unpaired) electrons. The standard InChI is InChI=1S/C15H15NO3/c1-3-19-14-7-5-4-6-12(14)13-9-8-11(15(17)18)10(2)16-13/h4-9H,3H2,1-2H3,(H,17,18). The molecule has 0 fully saturated rings. The Morgan fingerprint density at radius 3 is 2.63 bits per heavy atom. The van der Waals surface area contributed by atoms with E-state index in [1.807, 2.05) is 31.2 Å². The van der Waals surface area contributed by atoms with Crippen LogP contribution in [0.1, 0.15) is 23.0 Å². The molecule has 0 saturated carbocycles. The number of carboxylic acid groups (broad SMARTS) is 1. The van der Waals surface area contributed by atoms with Crippen LogP contribution in [0, 0.1) is 6.92 Å². The Morgan fingerprint density at radius 1 is 1.26 bits per heavy atom. The molecular formula is C15H15NO3. The van der Waals surface area contributed by atoms with E-state index in [0.29, 0.717) is 18.0 Å². The number of hydrogen-bond acceptors (Lipinski definition) is 3. The lowest BCUT2D eigenvalue weighted by atomic mass is 10.1. The normalized spacial score (nSPS) is 10.2. The molecule has 0 unspecified atom stereocenters. The fraction of sp³-hybridized carbons (Fsp3) is 0.200. The molecule has 1 heterocycles. The maximum atomic E-state index is 11.0. The lowest BCUT2D eigenvalue weighted by Gasteiger charge is -2.10. The zero-order chi connectivity index (χ0) is 13.8. The van der Waals surface area contributed by atoms with E-state index in [1.54, 1.807) is 19.1 Å². The summed E-state index contributed by atoms with van der Waals surface area (Å²) in [6, 6.07) is 10.9. The van der Waals surface area contributed by atoms with Gasteiger partial charge in [-0.1, -0.05) is 12.1 Å². The third-order valence-corrected chi connectivity index (χ3v) is 2.78. The van der Waals surface area contributed by atoms with Crippen LogP contribution < -0.4 is 4.74 Å². The van der Waals surface area contributed by atoms with Crippen LogP contribution >= 0.6 is 0 Å². The summed E-state index contributed by atoms with van der Waals surface area (Å²) in [5.74, 6) is -0.213. The largest absolute Gasteiger partial charge is 0.493 e. The first-order valence-electron chi connectivity index (χ1n) is 6.06. The van der Waals surface area contributed by atoms with Crippen LogP contribution in [0.4, 0.5) is 0 Å². The summed E-state index contributed by atoms with van der Waals surface area (Å²) in [4.78, 5) is 15.3. The van der Waals surface area contributed by atoms with Crippen LogP contribution in [0.3, 0.4) is 0 Å². The number of rotatable bonds is 4. The Kier molecular flexibility index (Phi) is 3.80. The van der Waals surface area contributed by atoms with Gasteiger partial charge in [0, 0.05) is 5.56 Å². The van der Waals surface area contributed by atoms with Gasteiger partial charge in [0.25, 0.3) is 0 Å². The van der Waals surface area contributed by atoms with Crippen molar-refractivity contribution in [1.29, 1.82) is 0 Å². The van der Waals surface area contributed by atoms with Crippen molar-refractivity contribution >= 4 is 5.97 Å². The van der Waals surface area contributed by atoms with Gasteiger partial charge in [-0.05, 0) is 38.1 Å². The van der Waals surface area contributed by atoms with Gasteiger partial charge in [0.15, 0.2) is 0 Å². The van der Waals surface area contributed by atoms with E-state index in [1.165, 1.54) is 0 Å². The van der Waals surface area contributed by atoms with Crippen molar-refractivity contribution in [1.82, 2.24) is 4.98 Å². The van der Waals surface area contributed by atoms with E-state index >= 15 is 0 Å². The molecule has 1 aromatic heterocycles. The molecule has 0 spiro atoms. The first-order chi connectivity index (χ1) is 9.13. The molecule has 0 amide bonds. The third-order valence-electron chi connectivity index (χ3n) is 2.78. The molecule has 1 aromatic carbocycles. The number of hydrogen-bond donors (Lipinski definition) is 1. The average Bonchev–Trinajstić information content (AvgIpc) is 2.39. The SMILES string of the molecule is CCOc1ccccc1-c1ccc(C(=O)O)c(C)n1. The zero-order valence-corrected chi connectivity index (χ0v) is 10.9. The molecule has 4 heteroatoms. The lowest BCUT2D eigenvalue weighted by Crippen LogP contribution is -2.02. The molecule has 19 heavy (non-hydrogen) atoms. The maximum absolute atomic E-state index is 11.0. The molecule has 2 aromatic rings. The van der Waals surface area contributed by atoms with Crippen molar-refractivity contribution in [3.8, 4) is 17.0 Å². The van der Waals surface area contributed by atoms with E-state index in [-0.39, 0.29) is 5.56 Å². The second-order valence-corrected chi connectivity index (χ2v) is 4.06. The maximum Gasteiger partial charge on any atom is 0.337 e. The lowest BCUT2D eigenvalue weighted by molar-refractivity contribution is 0.0695. The highest BCUT2D eigenvalue weighted by Gasteiger charge is 2.12. The molecule has 0 atom stereocenters. The van der Waals surface area contributed by atoms with E-state index < -0.39 is 5.97 Å². The first kappa shape index (κ1) is 13.1. The summed E-state index contributed by atoms with van der Waals surface area (Å²) < 4.78 is 5.55. The van der Waals surface area contributed by atoms with Gasteiger partial charge < -0.3 is 9.84 Å². The number of carbonyl (C=O) groups is 1. The quantitative estimate of drug-likeness (QED) is 0.914. The number of carboxylic acids is 1. The van der Waals surface area contributed by atoms with Gasteiger partial charge in [-0.3, -0.25) is 4.98 Å². The molecule has 98 valence electrons. The minimum absolute atomic E-state index is 0.220. The number of nitrogens with zero attached hydrogens (tertiary/aromatic N) is 1. The van der Waals surface area contributed by atoms with Crippen LogP contribution in [0.5, 0.6) is 5.75 Å². The summed E-state index contributed by atoms with van der Waals surface area (Å²) in [5.41, 5.74) is 2.30. The molecule has 2 rings (SSSR count). The van der Waals surface area contributed by atoms with Crippen LogP contribution in [-0.4, -0.2) is 22.7 Å². The molecule has 0 saturated heterocycles. The van der Waals surface area contributed by atoms with Gasteiger partial charge in [-0.15, -0.1) is 0 Å². The minimum atomic E-state index is -0.963. The van der Waals surface area contributed by atoms with E-state index in [0.717, 1.165) is 11.3 Å². The van der Waals surface area contributed by atoms with Gasteiger partial charge in [-0.25, -0.2) is 4.79 Å². The highest BCUT2D eigenvalue weighted by Crippen LogP contribution is 2.29. The Morgan fingerprint density at radius 2 is 2.00 bits per heavy atom. The van der Waals surface area contributed by atoms with Crippen LogP contribution in [0.25, 0.3) is 11.3 Å². The molecule has 0 aliphatic rings. The van der Waals surface area contributed by atoms with E-state index in [2.05, 4.69) is 4.98 Å². The summed E-state index contributed by atoms with van der Waals surface area (Å²) in [6.45, 7) is 4.18. The third kappa shape index (κ3) is 2.73. The highest BCUT2D eigenvalue weighted by molar-refractivity contribution is 5.89. The first-order valence-corrected chi connectivity index (χ1v) is 6.06. The van der Waals surface area contributed by atoms with E-state index in [9.17, 15) is 4.79 Å². The van der Waals surface area contributed by atoms with Gasteiger partial charge in [-0.2, -0.15) is 0 Å². The van der Waals surface area contributed by atoms with Crippen molar-refractivity contribution in [2.75, 3.05) is 6.61 Å². The molecular weight excluding hydrogens is 242 g/mol. The molecule has 0 bridgehead atoms. The molecule has 0 aliphatic heterocycles. The van der Waals surface area contributed by atoms with Crippen LogP contribution in [0.15, 0.2) is 36.4 Å². The molecule has 1 N–H and O–H groups in total. The summed E-state index contributed by atoms with van der Waals surface area (Å²) in [6.07, 6.45) is 0. The number of para-hydroxylation sites is 1. The average molecular weight is 257 g/mol. The number of ether oxygens (including phenoxy) is 1. The van der Waals surface area contributed by atoms with Crippen molar-refractivity contribution in [2.45, 2.75) is 13.8 Å². The number of pyridine rings is 1. The predicted molar refractivity (Wildman–Crippen MR) is 72.5 cm³/mol. The second kappa shape index (κ2) is 5.52. The van der Waals surface area contributed by atoms with Gasteiger partial charge in [0.05, 0.1) is 23.6 Å². The second-order valence-electron chi connectivity index (χ2n) is 4.06. The minimum Gasteiger partial charge on any atom is -0.493 e. The van der Waals surface area contributed by atoms with Crippen molar-refractivity contribution < 1.29 is 14.6 Å². The topological polar surface area (TPSA) is 59.4 Å². The number of aromatic nitrogens is 1. The van der Waals surface area contributed by atoms with Crippen molar-refractivity contribution in [2.24, 2.45) is 0 Å². The Bertz CT molecular complexity index is 608. The number of aryl methyl sites for hydroxylation is 1. The van der Waals surface area contributed by atoms with Crippen molar-refractivity contribution in [3.63, 3.8) is 0 Å². The predicted octanol–water partition coefficient (Wildman–Crippen LogP) is 3.15. The van der Waals surface area contributed by atoms with Gasteiger partial charge in [0.1, 0.15) is 5.75 Å². The monoisotopic (exact) mass is 257 g/mol. The summed E-state index contributed by atoms with van der Waals surface area (Å²) >= 11 is 0. The molecule has 4 nitrogen and oxygen atoms in total. The highest BCUT2D eigenvalue weighted by atomic mass is 16.5. The smallest absolute Gasteiger partial charge is 0.337 e. The Balaban J connectivity index is 2.48. The van der Waals surface area contributed by atoms with Gasteiger partial charge in [0.2, 0.25) is 0 Å². The summed E-state index contributed by atoms with van der Waals surface area (Å²) in [7, 11) is 0. The zero-order valence-electron chi connectivity index (χ0n) is 10.9. The Hall–Kier alpha value is -2.36. The van der Waals surface area contributed by atoms with Crippen LogP contribution in [-0.2, 0) is 0 Å². The number of benzene rings is 1. The fourth-order valence-corrected chi connectivity index (χ4v) is 1.90. The van der Waals surface area contributed by atoms with Gasteiger partial charge >= 0.3 is 5.97 Å². The summed E-state index contributed by atoms with van der Waals surface area (Å²) in [5, 5.41) is 9.00. The Labute approximate surface area is 111 Å². The van der Waals surface area contributed by atoms with E-state index in [4.69, 9.17) is 9.84 Å².